The van der Waals surface area contributed by atoms with Crippen LogP contribution >= 0.6 is 0 Å². The average molecular weight is 759 g/mol. The van der Waals surface area contributed by atoms with E-state index in [4.69, 9.17) is 0 Å². The van der Waals surface area contributed by atoms with Gasteiger partial charge in [0.05, 0.1) is 0 Å². The molecule has 2 aromatic carbocycles. The number of hydrogen-bond donors (Lipinski definition) is 8. The van der Waals surface area contributed by atoms with E-state index >= 15 is 0 Å². The van der Waals surface area contributed by atoms with Gasteiger partial charge in [-0.3, -0.25) is 33.6 Å². The van der Waals surface area contributed by atoms with Crippen molar-refractivity contribution in [2.45, 2.75) is 103 Å². The smallest absolute Gasteiger partial charge is 0.243 e. The van der Waals surface area contributed by atoms with Crippen molar-refractivity contribution in [2.75, 3.05) is 6.54 Å². The first-order valence-corrected chi connectivity index (χ1v) is 18.8. The predicted molar refractivity (Wildman–Crippen MR) is 207 cm³/mol. The highest BCUT2D eigenvalue weighted by Crippen LogP contribution is 2.19. The topological polar surface area (TPSA) is 219 Å². The Morgan fingerprint density at radius 2 is 1.13 bits per heavy atom. The summed E-state index contributed by atoms with van der Waals surface area (Å²) in [4.78, 5) is 97.6. The lowest BCUT2D eigenvalue weighted by Crippen LogP contribution is -2.61. The van der Waals surface area contributed by atoms with E-state index in [1.807, 2.05) is 30.3 Å². The summed E-state index contributed by atoms with van der Waals surface area (Å²) in [5, 5.41) is 20.0. The second-order valence-electron chi connectivity index (χ2n) is 14.8. The molecule has 15 heteroatoms. The van der Waals surface area contributed by atoms with Crippen molar-refractivity contribution < 1.29 is 33.6 Å². The third-order valence-corrected chi connectivity index (χ3v) is 9.54. The van der Waals surface area contributed by atoms with Crippen LogP contribution < -0.4 is 37.2 Å². The first kappa shape index (κ1) is 42.0. The molecule has 8 N–H and O–H groups in total. The molecule has 6 atom stereocenters. The van der Waals surface area contributed by atoms with Gasteiger partial charge >= 0.3 is 0 Å². The molecule has 0 saturated carbocycles. The molecule has 7 amide bonds. The highest BCUT2D eigenvalue weighted by molar-refractivity contribution is 5.97. The molecule has 296 valence electrons. The number of fused-ring (bicyclic) bond motifs is 1. The minimum absolute atomic E-state index is 0.0121. The molecule has 55 heavy (non-hydrogen) atoms. The van der Waals surface area contributed by atoms with Gasteiger partial charge < -0.3 is 42.2 Å². The van der Waals surface area contributed by atoms with Crippen molar-refractivity contribution in [1.29, 1.82) is 0 Å². The number of H-pyrrole nitrogens is 1. The number of hydrogen-bond acceptors (Lipinski definition) is 7. The van der Waals surface area contributed by atoms with E-state index in [0.717, 1.165) is 22.0 Å². The summed E-state index contributed by atoms with van der Waals surface area (Å²) < 4.78 is 0. The van der Waals surface area contributed by atoms with E-state index < -0.39 is 89.4 Å². The van der Waals surface area contributed by atoms with Gasteiger partial charge in [-0.25, -0.2) is 0 Å². The lowest BCUT2D eigenvalue weighted by atomic mass is 9.99. The van der Waals surface area contributed by atoms with Gasteiger partial charge in [0.15, 0.2) is 0 Å². The first-order chi connectivity index (χ1) is 26.1. The summed E-state index contributed by atoms with van der Waals surface area (Å²) in [6, 6.07) is 10.1. The number of carbonyl (C=O) groups excluding carboxylic acids is 7. The Hall–Kier alpha value is -5.73. The van der Waals surface area contributed by atoms with Crippen molar-refractivity contribution in [3.63, 3.8) is 0 Å². The summed E-state index contributed by atoms with van der Waals surface area (Å²) in [6.07, 6.45) is 2.21. The molecule has 1 aliphatic heterocycles. The Balaban J connectivity index is 1.63. The predicted octanol–water partition coefficient (Wildman–Crippen LogP) is 1.12. The lowest BCUT2D eigenvalue weighted by Gasteiger charge is -2.29. The minimum atomic E-state index is -1.15. The van der Waals surface area contributed by atoms with Crippen molar-refractivity contribution in [1.82, 2.24) is 42.2 Å². The number of carbonyl (C=O) groups is 7. The molecular formula is C40H54N8O7. The molecule has 0 spiro atoms. The summed E-state index contributed by atoms with van der Waals surface area (Å²) in [6.45, 7) is 10.0. The van der Waals surface area contributed by atoms with E-state index in [1.54, 1.807) is 58.2 Å². The lowest BCUT2D eigenvalue weighted by molar-refractivity contribution is -0.136. The maximum Gasteiger partial charge on any atom is 0.243 e. The third kappa shape index (κ3) is 11.9. The van der Waals surface area contributed by atoms with Crippen LogP contribution in [0, 0.1) is 11.8 Å². The van der Waals surface area contributed by atoms with E-state index in [9.17, 15) is 33.6 Å². The van der Waals surface area contributed by atoms with Crippen LogP contribution in [0.3, 0.4) is 0 Å². The highest BCUT2D eigenvalue weighted by Gasteiger charge is 2.34. The fourth-order valence-corrected chi connectivity index (χ4v) is 6.28. The Morgan fingerprint density at radius 3 is 1.80 bits per heavy atom. The second kappa shape index (κ2) is 19.6. The fourth-order valence-electron chi connectivity index (χ4n) is 6.28. The Kier molecular flexibility index (Phi) is 14.9. The monoisotopic (exact) mass is 758 g/mol. The van der Waals surface area contributed by atoms with E-state index in [0.29, 0.717) is 0 Å². The van der Waals surface area contributed by atoms with Crippen molar-refractivity contribution >= 4 is 52.3 Å². The van der Waals surface area contributed by atoms with Gasteiger partial charge in [-0.05, 0) is 49.3 Å². The summed E-state index contributed by atoms with van der Waals surface area (Å²) in [7, 11) is 0. The molecule has 1 aliphatic rings. The molecule has 0 radical (unpaired) electrons. The fraction of sp³-hybridized carbons (Fsp3) is 0.475. The molecule has 0 bridgehead atoms. The van der Waals surface area contributed by atoms with Gasteiger partial charge in [-0.1, -0.05) is 76.2 Å². The zero-order chi connectivity index (χ0) is 40.2. The van der Waals surface area contributed by atoms with Gasteiger partial charge in [-0.2, -0.15) is 0 Å². The van der Waals surface area contributed by atoms with Crippen LogP contribution in [0.25, 0.3) is 10.9 Å². The van der Waals surface area contributed by atoms with Crippen LogP contribution in [0.15, 0.2) is 60.8 Å². The molecule has 1 saturated heterocycles. The van der Waals surface area contributed by atoms with Gasteiger partial charge in [0, 0.05) is 42.9 Å². The first-order valence-electron chi connectivity index (χ1n) is 18.8. The van der Waals surface area contributed by atoms with Crippen LogP contribution in [0.5, 0.6) is 0 Å². The minimum Gasteiger partial charge on any atom is -0.361 e. The Morgan fingerprint density at radius 1 is 0.582 bits per heavy atom. The van der Waals surface area contributed by atoms with Crippen LogP contribution in [-0.2, 0) is 46.4 Å². The molecule has 1 fully saturated rings. The van der Waals surface area contributed by atoms with E-state index in [2.05, 4.69) is 42.2 Å². The second-order valence-corrected chi connectivity index (χ2v) is 14.8. The summed E-state index contributed by atoms with van der Waals surface area (Å²) >= 11 is 0. The van der Waals surface area contributed by atoms with Gasteiger partial charge in [0.1, 0.15) is 36.3 Å². The molecule has 0 aliphatic carbocycles. The van der Waals surface area contributed by atoms with Crippen LogP contribution in [0.1, 0.15) is 65.5 Å². The van der Waals surface area contributed by atoms with Crippen molar-refractivity contribution in [3.8, 4) is 0 Å². The Bertz CT molecular complexity index is 1840. The third-order valence-electron chi connectivity index (χ3n) is 9.54. The Labute approximate surface area is 321 Å². The molecular weight excluding hydrogens is 704 g/mol. The largest absolute Gasteiger partial charge is 0.361 e. The molecule has 1 aromatic heterocycles. The molecule has 4 rings (SSSR count). The van der Waals surface area contributed by atoms with E-state index in [1.165, 1.54) is 13.8 Å². The molecule has 0 unspecified atom stereocenters. The summed E-state index contributed by atoms with van der Waals surface area (Å²) in [5.74, 6) is -4.87. The van der Waals surface area contributed by atoms with Gasteiger partial charge in [-0.15, -0.1) is 0 Å². The zero-order valence-corrected chi connectivity index (χ0v) is 32.3. The zero-order valence-electron chi connectivity index (χ0n) is 32.3. The van der Waals surface area contributed by atoms with E-state index in [-0.39, 0.29) is 32.2 Å². The number of nitrogens with one attached hydrogen (secondary N) is 8. The SMILES string of the molecule is CC(C)[C@H]1NC(=O)[C@H](Cc2ccccc2)NC(=O)[C@@H](C(C)C)NC(=O)[C@@H](C)NC(=O)CCCNC(=O)[C@@H](Cc2c[nH]c3ccccc23)NC(=O)[C@@H](C)NC1=O. The maximum atomic E-state index is 13.9. The number of para-hydroxylation sites is 1. The number of rotatable bonds is 6. The molecule has 3 aromatic rings. The van der Waals surface area contributed by atoms with Crippen molar-refractivity contribution in [2.24, 2.45) is 11.8 Å². The number of aromatic amines is 1. The van der Waals surface area contributed by atoms with Gasteiger partial charge in [0.25, 0.3) is 0 Å². The maximum absolute atomic E-state index is 13.9. The number of aromatic nitrogens is 1. The standard InChI is InChI=1S/C40H54N8O7/c1-22(2)33-39(54)44-25(6)35(50)45-31(20-27-21-42-29-16-11-10-15-28(27)29)37(52)41-18-12-17-32(49)43-24(5)36(51)47-34(23(3)4)40(55)46-30(38(53)48-33)19-26-13-8-7-9-14-26/h7-11,13-16,21-25,30-31,33-34,42H,12,17-20H2,1-6H3,(H,41,52)(H,43,49)(H,44,54)(H,45,50)(H,46,55)(H,47,51)(H,48,53)/t24-,25-,30+,31-,33-,34-/m1/s1. The number of amides is 7. The highest BCUT2D eigenvalue weighted by atomic mass is 16.2. The normalized spacial score (nSPS) is 24.6. The van der Waals surface area contributed by atoms with Crippen LogP contribution in [-0.4, -0.2) is 89.1 Å². The quantitative estimate of drug-likeness (QED) is 0.183. The molecule has 2 heterocycles. The number of benzene rings is 2. The van der Waals surface area contributed by atoms with Crippen LogP contribution in [0.2, 0.25) is 0 Å². The average Bonchev–Trinajstić information content (AvgIpc) is 3.55. The van der Waals surface area contributed by atoms with Gasteiger partial charge in [0.2, 0.25) is 41.4 Å². The summed E-state index contributed by atoms with van der Waals surface area (Å²) in [5.41, 5.74) is 2.39. The molecule has 15 nitrogen and oxygen atoms in total. The van der Waals surface area contributed by atoms with Crippen LogP contribution in [0.4, 0.5) is 0 Å². The van der Waals surface area contributed by atoms with Crippen molar-refractivity contribution in [3.05, 3.63) is 71.9 Å².